The van der Waals surface area contributed by atoms with E-state index in [-0.39, 0.29) is 12.7 Å². The Kier molecular flexibility index (Phi) is 3.78. The number of amides is 1. The van der Waals surface area contributed by atoms with Gasteiger partial charge < -0.3 is 19.7 Å². The van der Waals surface area contributed by atoms with Crippen LogP contribution in [0, 0.1) is 0 Å². The number of ether oxygens (including phenoxy) is 2. The van der Waals surface area contributed by atoms with Crippen molar-refractivity contribution in [3.05, 3.63) is 35.3 Å². The van der Waals surface area contributed by atoms with Gasteiger partial charge in [-0.3, -0.25) is 4.79 Å². The molecule has 2 aliphatic rings. The summed E-state index contributed by atoms with van der Waals surface area (Å²) in [6.07, 6.45) is 4.02. The van der Waals surface area contributed by atoms with E-state index >= 15 is 0 Å². The van der Waals surface area contributed by atoms with Crippen LogP contribution in [-0.4, -0.2) is 36.8 Å². The molecule has 1 fully saturated rings. The molecule has 0 spiro atoms. The van der Waals surface area contributed by atoms with Crippen LogP contribution in [0.25, 0.3) is 0 Å². The maximum Gasteiger partial charge on any atom is 0.251 e. The van der Waals surface area contributed by atoms with Crippen LogP contribution >= 0.6 is 11.3 Å². The lowest BCUT2D eigenvalue weighted by Gasteiger charge is -2.24. The van der Waals surface area contributed by atoms with Crippen molar-refractivity contribution >= 4 is 22.4 Å². The summed E-state index contributed by atoms with van der Waals surface area (Å²) in [5.74, 6) is 1.23. The molecule has 1 aromatic carbocycles. The number of hydrogen-bond donors (Lipinski definition) is 1. The van der Waals surface area contributed by atoms with E-state index in [0.29, 0.717) is 29.6 Å². The van der Waals surface area contributed by atoms with E-state index < -0.39 is 0 Å². The second-order valence-corrected chi connectivity index (χ2v) is 6.46. The van der Waals surface area contributed by atoms with E-state index in [0.717, 1.165) is 24.5 Å². The fourth-order valence-corrected chi connectivity index (χ4v) is 3.75. The Morgan fingerprint density at radius 2 is 2.30 bits per heavy atom. The van der Waals surface area contributed by atoms with Crippen molar-refractivity contribution in [3.8, 4) is 11.5 Å². The number of thiazole rings is 1. The number of rotatable bonds is 4. The molecule has 1 atom stereocenters. The predicted octanol–water partition coefficient (Wildman–Crippen LogP) is 2.27. The summed E-state index contributed by atoms with van der Waals surface area (Å²) in [7, 11) is 0. The van der Waals surface area contributed by atoms with E-state index in [1.165, 1.54) is 0 Å². The zero-order valence-electron chi connectivity index (χ0n) is 12.5. The number of hydrogen-bond acceptors (Lipinski definition) is 6. The Hall–Kier alpha value is -2.28. The molecule has 2 aromatic rings. The molecule has 6 nitrogen and oxygen atoms in total. The standard InChI is InChI=1S/C16H17N3O3S/c20-15(11-3-4-13-14(8-11)22-10-21-13)18-9-12-2-1-6-19(12)16-17-5-7-23-16/h3-5,7-8,12H,1-2,6,9-10H2,(H,18,20). The SMILES string of the molecule is O=C(NCC1CCCN1c1nccs1)c1ccc2c(c1)OCO2. The van der Waals surface area contributed by atoms with E-state index in [9.17, 15) is 4.79 Å². The van der Waals surface area contributed by atoms with Crippen LogP contribution in [0.4, 0.5) is 5.13 Å². The first-order valence-corrected chi connectivity index (χ1v) is 8.53. The Morgan fingerprint density at radius 3 is 3.17 bits per heavy atom. The molecule has 23 heavy (non-hydrogen) atoms. The van der Waals surface area contributed by atoms with Gasteiger partial charge in [-0.25, -0.2) is 4.98 Å². The molecule has 120 valence electrons. The van der Waals surface area contributed by atoms with Crippen LogP contribution in [0.5, 0.6) is 11.5 Å². The number of carbonyl (C=O) groups is 1. The minimum absolute atomic E-state index is 0.0886. The molecule has 0 radical (unpaired) electrons. The lowest BCUT2D eigenvalue weighted by Crippen LogP contribution is -2.40. The molecule has 1 N–H and O–H groups in total. The molecule has 0 saturated carbocycles. The van der Waals surface area contributed by atoms with Gasteiger partial charge in [-0.2, -0.15) is 0 Å². The lowest BCUT2D eigenvalue weighted by atomic mass is 10.1. The highest BCUT2D eigenvalue weighted by Crippen LogP contribution is 2.32. The zero-order valence-corrected chi connectivity index (χ0v) is 13.3. The summed E-state index contributed by atoms with van der Waals surface area (Å²) in [5, 5.41) is 6.04. The Bertz CT molecular complexity index is 705. The number of aromatic nitrogens is 1. The van der Waals surface area contributed by atoms with E-state index in [1.54, 1.807) is 29.5 Å². The fourth-order valence-electron chi connectivity index (χ4n) is 3.01. The molecule has 4 rings (SSSR count). The van der Waals surface area contributed by atoms with Crippen molar-refractivity contribution in [3.63, 3.8) is 0 Å². The Morgan fingerprint density at radius 1 is 1.39 bits per heavy atom. The number of nitrogens with zero attached hydrogens (tertiary/aromatic N) is 2. The first-order chi connectivity index (χ1) is 11.3. The molecule has 7 heteroatoms. The summed E-state index contributed by atoms with van der Waals surface area (Å²) < 4.78 is 10.6. The molecule has 1 saturated heterocycles. The highest BCUT2D eigenvalue weighted by molar-refractivity contribution is 7.13. The molecule has 0 aliphatic carbocycles. The highest BCUT2D eigenvalue weighted by Gasteiger charge is 2.27. The number of carbonyl (C=O) groups excluding carboxylic acids is 1. The lowest BCUT2D eigenvalue weighted by molar-refractivity contribution is 0.0951. The topological polar surface area (TPSA) is 63.7 Å². The minimum Gasteiger partial charge on any atom is -0.454 e. The summed E-state index contributed by atoms with van der Waals surface area (Å²) in [6.45, 7) is 1.83. The quantitative estimate of drug-likeness (QED) is 0.931. The predicted molar refractivity (Wildman–Crippen MR) is 87.4 cm³/mol. The van der Waals surface area contributed by atoms with Crippen molar-refractivity contribution in [1.29, 1.82) is 0 Å². The Balaban J connectivity index is 1.39. The average Bonchev–Trinajstić information content (AvgIpc) is 3.31. The molecule has 0 bridgehead atoms. The maximum atomic E-state index is 12.4. The third-order valence-corrected chi connectivity index (χ3v) is 4.98. The average molecular weight is 331 g/mol. The maximum absolute atomic E-state index is 12.4. The summed E-state index contributed by atoms with van der Waals surface area (Å²) in [5.41, 5.74) is 0.591. The normalized spacial score (nSPS) is 19.1. The highest BCUT2D eigenvalue weighted by atomic mass is 32.1. The third-order valence-electron chi connectivity index (χ3n) is 4.18. The summed E-state index contributed by atoms with van der Waals surface area (Å²) in [6, 6.07) is 5.56. The number of fused-ring (bicyclic) bond motifs is 1. The second kappa shape index (κ2) is 6.08. The monoisotopic (exact) mass is 331 g/mol. The van der Waals surface area contributed by atoms with Crippen LogP contribution < -0.4 is 19.7 Å². The first kappa shape index (κ1) is 14.3. The largest absolute Gasteiger partial charge is 0.454 e. The van der Waals surface area contributed by atoms with Gasteiger partial charge in [-0.1, -0.05) is 0 Å². The van der Waals surface area contributed by atoms with Crippen molar-refractivity contribution in [1.82, 2.24) is 10.3 Å². The smallest absolute Gasteiger partial charge is 0.251 e. The van der Waals surface area contributed by atoms with Gasteiger partial charge in [0.25, 0.3) is 5.91 Å². The summed E-state index contributed by atoms with van der Waals surface area (Å²) in [4.78, 5) is 19.0. The van der Waals surface area contributed by atoms with Crippen molar-refractivity contribution in [2.75, 3.05) is 24.8 Å². The zero-order chi connectivity index (χ0) is 15.6. The van der Waals surface area contributed by atoms with E-state index in [2.05, 4.69) is 15.2 Å². The molecule has 3 heterocycles. The van der Waals surface area contributed by atoms with Gasteiger partial charge in [-0.15, -0.1) is 11.3 Å². The summed E-state index contributed by atoms with van der Waals surface area (Å²) >= 11 is 1.64. The van der Waals surface area contributed by atoms with Gasteiger partial charge in [0.1, 0.15) is 0 Å². The number of benzene rings is 1. The molecule has 2 aliphatic heterocycles. The molecule has 1 unspecified atom stereocenters. The number of nitrogens with one attached hydrogen (secondary N) is 1. The van der Waals surface area contributed by atoms with Gasteiger partial charge in [0.2, 0.25) is 6.79 Å². The van der Waals surface area contributed by atoms with E-state index in [1.807, 2.05) is 11.6 Å². The molecular weight excluding hydrogens is 314 g/mol. The fraction of sp³-hybridized carbons (Fsp3) is 0.375. The molecule has 1 amide bonds. The van der Waals surface area contributed by atoms with Gasteiger partial charge in [0, 0.05) is 36.3 Å². The van der Waals surface area contributed by atoms with Gasteiger partial charge >= 0.3 is 0 Å². The third kappa shape index (κ3) is 2.84. The van der Waals surface area contributed by atoms with Crippen LogP contribution in [0.15, 0.2) is 29.8 Å². The van der Waals surface area contributed by atoms with Gasteiger partial charge in [0.15, 0.2) is 16.6 Å². The molecular formula is C16H17N3O3S. The van der Waals surface area contributed by atoms with Crippen molar-refractivity contribution < 1.29 is 14.3 Å². The van der Waals surface area contributed by atoms with Crippen LogP contribution in [0.3, 0.4) is 0 Å². The van der Waals surface area contributed by atoms with Crippen LogP contribution in [0.2, 0.25) is 0 Å². The number of anilines is 1. The molecule has 1 aromatic heterocycles. The van der Waals surface area contributed by atoms with Crippen LogP contribution in [0.1, 0.15) is 23.2 Å². The Labute approximate surface area is 138 Å². The van der Waals surface area contributed by atoms with Crippen LogP contribution in [-0.2, 0) is 0 Å². The van der Waals surface area contributed by atoms with Crippen molar-refractivity contribution in [2.45, 2.75) is 18.9 Å². The first-order valence-electron chi connectivity index (χ1n) is 7.65. The van der Waals surface area contributed by atoms with Gasteiger partial charge in [0.05, 0.1) is 0 Å². The van der Waals surface area contributed by atoms with Gasteiger partial charge in [-0.05, 0) is 31.0 Å². The van der Waals surface area contributed by atoms with Crippen molar-refractivity contribution in [2.24, 2.45) is 0 Å². The second-order valence-electron chi connectivity index (χ2n) is 5.58. The minimum atomic E-state index is -0.0886. The van der Waals surface area contributed by atoms with E-state index in [4.69, 9.17) is 9.47 Å².